The molecular weight excluding hydrogens is 430 g/mol. The highest BCUT2D eigenvalue weighted by Crippen LogP contribution is 2.16. The number of carbonyl (C=O) groups is 2. The first-order valence-electron chi connectivity index (χ1n) is 9.90. The number of pyridine rings is 1. The Kier molecular flexibility index (Phi) is 7.69. The Hall–Kier alpha value is -3.56. The average Bonchev–Trinajstić information content (AvgIpc) is 2.80. The first-order chi connectivity index (χ1) is 15.4. The molecule has 32 heavy (non-hydrogen) atoms. The number of rotatable bonds is 8. The average molecular weight is 454 g/mol. The van der Waals surface area contributed by atoms with Crippen molar-refractivity contribution in [2.75, 3.05) is 11.9 Å². The maximum Gasteiger partial charge on any atom is 0.345 e. The first-order valence-corrected chi connectivity index (χ1v) is 11.4. The minimum Gasteiger partial charge on any atom is -0.390 e. The normalized spacial score (nSPS) is 11.0. The van der Waals surface area contributed by atoms with E-state index in [0.717, 1.165) is 11.1 Å². The SMILES string of the molecule is O=C(Cc1ccccc1)NCCc1ccc(S(=O)(=O)C(=O)Nc2ccc(CO)nc2)cc1. The summed E-state index contributed by atoms with van der Waals surface area (Å²) in [6.45, 7) is 0.157. The maximum atomic E-state index is 12.5. The van der Waals surface area contributed by atoms with E-state index in [4.69, 9.17) is 5.11 Å². The van der Waals surface area contributed by atoms with Crippen molar-refractivity contribution in [2.24, 2.45) is 0 Å². The molecule has 2 amide bonds. The number of hydrogen-bond acceptors (Lipinski definition) is 6. The standard InChI is InChI=1S/C23H23N3O5S/c27-16-20-9-8-19(15-25-20)26-23(29)32(30,31)21-10-6-17(7-11-21)12-13-24-22(28)14-18-4-2-1-3-5-18/h1-11,15,27H,12-14,16H2,(H,24,28)(H,26,29). The number of sulfone groups is 1. The lowest BCUT2D eigenvalue weighted by atomic mass is 10.1. The minimum atomic E-state index is -4.24. The van der Waals surface area contributed by atoms with Gasteiger partial charge in [-0.1, -0.05) is 42.5 Å². The Balaban J connectivity index is 1.53. The molecule has 1 aromatic heterocycles. The van der Waals surface area contributed by atoms with Crippen LogP contribution in [0.1, 0.15) is 16.8 Å². The molecule has 166 valence electrons. The van der Waals surface area contributed by atoms with Gasteiger partial charge in [0.15, 0.2) is 0 Å². The summed E-state index contributed by atoms with van der Waals surface area (Å²) in [7, 11) is -4.24. The summed E-state index contributed by atoms with van der Waals surface area (Å²) in [6, 6.07) is 18.3. The lowest BCUT2D eigenvalue weighted by molar-refractivity contribution is -0.120. The Morgan fingerprint density at radius 3 is 2.25 bits per heavy atom. The second-order valence-electron chi connectivity index (χ2n) is 7.02. The molecule has 0 aliphatic carbocycles. The van der Waals surface area contributed by atoms with E-state index in [1.165, 1.54) is 30.5 Å². The zero-order valence-electron chi connectivity index (χ0n) is 17.2. The molecule has 0 radical (unpaired) electrons. The molecule has 0 saturated heterocycles. The van der Waals surface area contributed by atoms with Gasteiger partial charge < -0.3 is 15.7 Å². The van der Waals surface area contributed by atoms with E-state index in [1.807, 2.05) is 30.3 Å². The molecule has 0 aliphatic heterocycles. The predicted molar refractivity (Wildman–Crippen MR) is 120 cm³/mol. The van der Waals surface area contributed by atoms with Gasteiger partial charge in [0.05, 0.1) is 35.5 Å². The third kappa shape index (κ3) is 6.22. The molecule has 2 aromatic carbocycles. The van der Waals surface area contributed by atoms with Crippen LogP contribution >= 0.6 is 0 Å². The van der Waals surface area contributed by atoms with E-state index in [9.17, 15) is 18.0 Å². The second-order valence-corrected chi connectivity index (χ2v) is 8.87. The van der Waals surface area contributed by atoms with E-state index in [2.05, 4.69) is 15.6 Å². The van der Waals surface area contributed by atoms with Crippen LogP contribution in [0.2, 0.25) is 0 Å². The third-order valence-corrected chi connectivity index (χ3v) is 6.14. The van der Waals surface area contributed by atoms with Gasteiger partial charge in [-0.15, -0.1) is 0 Å². The van der Waals surface area contributed by atoms with Crippen LogP contribution in [-0.2, 0) is 34.1 Å². The van der Waals surface area contributed by atoms with Gasteiger partial charge in [0.2, 0.25) is 5.91 Å². The Bertz CT molecular complexity index is 1160. The number of aromatic nitrogens is 1. The van der Waals surface area contributed by atoms with Gasteiger partial charge in [-0.25, -0.2) is 8.42 Å². The number of nitrogens with zero attached hydrogens (tertiary/aromatic N) is 1. The lowest BCUT2D eigenvalue weighted by Crippen LogP contribution is -2.27. The fraction of sp³-hybridized carbons (Fsp3) is 0.174. The lowest BCUT2D eigenvalue weighted by Gasteiger charge is -2.08. The van der Waals surface area contributed by atoms with Crippen molar-refractivity contribution in [2.45, 2.75) is 24.3 Å². The van der Waals surface area contributed by atoms with Crippen LogP contribution in [0.15, 0.2) is 77.8 Å². The van der Waals surface area contributed by atoms with Crippen LogP contribution in [-0.4, -0.2) is 36.2 Å². The third-order valence-electron chi connectivity index (χ3n) is 4.65. The molecule has 8 nitrogen and oxygen atoms in total. The summed E-state index contributed by atoms with van der Waals surface area (Å²) >= 11 is 0. The fourth-order valence-electron chi connectivity index (χ4n) is 2.91. The van der Waals surface area contributed by atoms with Crippen molar-refractivity contribution < 1.29 is 23.1 Å². The summed E-state index contributed by atoms with van der Waals surface area (Å²) in [5.74, 6) is -0.0893. The van der Waals surface area contributed by atoms with Crippen LogP contribution in [0.4, 0.5) is 10.5 Å². The smallest absolute Gasteiger partial charge is 0.345 e. The second kappa shape index (κ2) is 10.7. The molecular formula is C23H23N3O5S. The predicted octanol–water partition coefficient (Wildman–Crippen LogP) is 2.48. The van der Waals surface area contributed by atoms with Crippen molar-refractivity contribution in [3.63, 3.8) is 0 Å². The minimum absolute atomic E-state index is 0.0893. The van der Waals surface area contributed by atoms with Crippen molar-refractivity contribution in [1.82, 2.24) is 10.3 Å². The highest BCUT2D eigenvalue weighted by atomic mass is 32.2. The monoisotopic (exact) mass is 453 g/mol. The summed E-state index contributed by atoms with van der Waals surface area (Å²) < 4.78 is 25.0. The molecule has 0 aliphatic rings. The topological polar surface area (TPSA) is 125 Å². The summed E-state index contributed by atoms with van der Waals surface area (Å²) in [4.78, 5) is 28.0. The summed E-state index contributed by atoms with van der Waals surface area (Å²) in [6.07, 6.45) is 2.09. The number of anilines is 1. The number of benzene rings is 2. The molecule has 0 saturated carbocycles. The Labute approximate surface area is 186 Å². The van der Waals surface area contributed by atoms with Crippen LogP contribution < -0.4 is 10.6 Å². The van der Waals surface area contributed by atoms with Crippen LogP contribution in [0, 0.1) is 0 Å². The number of carbonyl (C=O) groups excluding carboxylic acids is 2. The summed E-state index contributed by atoms with van der Waals surface area (Å²) in [5.41, 5.74) is 2.36. The van der Waals surface area contributed by atoms with Crippen molar-refractivity contribution >= 4 is 26.7 Å². The number of nitrogens with one attached hydrogen (secondary N) is 2. The van der Waals surface area contributed by atoms with E-state index < -0.39 is 15.1 Å². The number of aliphatic hydroxyl groups excluding tert-OH is 1. The van der Waals surface area contributed by atoms with E-state index in [-0.39, 0.29) is 23.1 Å². The number of hydrogen-bond donors (Lipinski definition) is 3. The zero-order valence-corrected chi connectivity index (χ0v) is 18.0. The molecule has 9 heteroatoms. The maximum absolute atomic E-state index is 12.5. The molecule has 3 N–H and O–H groups in total. The van der Waals surface area contributed by atoms with Crippen LogP contribution in [0.25, 0.3) is 0 Å². The van der Waals surface area contributed by atoms with Gasteiger partial charge >= 0.3 is 5.24 Å². The van der Waals surface area contributed by atoms with Crippen molar-refractivity contribution in [3.05, 3.63) is 89.7 Å². The molecule has 1 heterocycles. The molecule has 0 atom stereocenters. The van der Waals surface area contributed by atoms with Gasteiger partial charge in [-0.3, -0.25) is 14.6 Å². The van der Waals surface area contributed by atoms with Crippen LogP contribution in [0.5, 0.6) is 0 Å². The van der Waals surface area contributed by atoms with Crippen molar-refractivity contribution in [3.8, 4) is 0 Å². The van der Waals surface area contributed by atoms with Gasteiger partial charge in [0.25, 0.3) is 9.84 Å². The molecule has 3 rings (SSSR count). The van der Waals surface area contributed by atoms with Crippen LogP contribution in [0.3, 0.4) is 0 Å². The Morgan fingerprint density at radius 2 is 1.62 bits per heavy atom. The van der Waals surface area contributed by atoms with Crippen molar-refractivity contribution in [1.29, 1.82) is 0 Å². The summed E-state index contributed by atoms with van der Waals surface area (Å²) in [5, 5.41) is 12.9. The van der Waals surface area contributed by atoms with Gasteiger partial charge in [-0.05, 0) is 41.8 Å². The quantitative estimate of drug-likeness (QED) is 0.481. The highest BCUT2D eigenvalue weighted by Gasteiger charge is 2.25. The zero-order chi connectivity index (χ0) is 23.0. The fourth-order valence-corrected chi connectivity index (χ4v) is 3.87. The molecule has 0 unspecified atom stereocenters. The van der Waals surface area contributed by atoms with Gasteiger partial charge in [0.1, 0.15) is 0 Å². The van der Waals surface area contributed by atoms with E-state index >= 15 is 0 Å². The first kappa shape index (κ1) is 23.1. The molecule has 3 aromatic rings. The van der Waals surface area contributed by atoms with Gasteiger partial charge in [-0.2, -0.15) is 0 Å². The highest BCUT2D eigenvalue weighted by molar-refractivity contribution is 8.06. The largest absolute Gasteiger partial charge is 0.390 e. The van der Waals surface area contributed by atoms with E-state index in [1.54, 1.807) is 12.1 Å². The van der Waals surface area contributed by atoms with Gasteiger partial charge in [0, 0.05) is 6.54 Å². The Morgan fingerprint density at radius 1 is 0.906 bits per heavy atom. The molecule has 0 spiro atoms. The molecule has 0 fully saturated rings. The van der Waals surface area contributed by atoms with E-state index in [0.29, 0.717) is 25.1 Å². The molecule has 0 bridgehead atoms. The number of aliphatic hydroxyl groups is 1. The number of amides is 2.